The number of hydrogen-bond acceptors (Lipinski definition) is 4. The number of hydrogen-bond donors (Lipinski definition) is 2. The summed E-state index contributed by atoms with van der Waals surface area (Å²) < 4.78 is 24.3. The maximum absolute atomic E-state index is 12.2. The van der Waals surface area contributed by atoms with Gasteiger partial charge in [-0.1, -0.05) is 23.2 Å². The van der Waals surface area contributed by atoms with Crippen molar-refractivity contribution in [2.75, 3.05) is 30.4 Å². The number of nitrogens with zero attached hydrogens (tertiary/aromatic N) is 1. The largest absolute Gasteiger partial charge is 0.396 e. The molecule has 9 heteroatoms. The van der Waals surface area contributed by atoms with Gasteiger partial charge in [-0.05, 0) is 25.0 Å². The number of nitrogen functional groups attached to an aromatic ring is 1. The van der Waals surface area contributed by atoms with E-state index in [4.69, 9.17) is 28.9 Å². The molecule has 0 radical (unpaired) electrons. The third-order valence-electron chi connectivity index (χ3n) is 3.64. The zero-order chi connectivity index (χ0) is 16.5. The highest BCUT2D eigenvalue weighted by atomic mass is 35.5. The van der Waals surface area contributed by atoms with Gasteiger partial charge in [-0.25, -0.2) is 12.7 Å². The number of benzene rings is 1. The molecule has 0 atom stereocenters. The predicted molar refractivity (Wildman–Crippen MR) is 88.6 cm³/mol. The maximum Gasteiger partial charge on any atom is 0.227 e. The molecule has 1 amide bonds. The number of halogens is 2. The minimum atomic E-state index is -3.20. The Kier molecular flexibility index (Phi) is 5.21. The fourth-order valence-electron chi connectivity index (χ4n) is 2.35. The van der Waals surface area contributed by atoms with Crippen molar-refractivity contribution in [1.29, 1.82) is 0 Å². The Hall–Kier alpha value is -1.02. The van der Waals surface area contributed by atoms with Gasteiger partial charge < -0.3 is 11.1 Å². The number of sulfonamides is 1. The molecule has 0 spiro atoms. The molecule has 2 rings (SSSR count). The number of nitrogens with two attached hydrogens (primary N) is 1. The minimum Gasteiger partial charge on any atom is -0.396 e. The molecule has 0 unspecified atom stereocenters. The lowest BCUT2D eigenvalue weighted by atomic mass is 9.97. The van der Waals surface area contributed by atoms with Crippen molar-refractivity contribution >= 4 is 50.5 Å². The first-order valence-corrected chi connectivity index (χ1v) is 9.29. The average molecular weight is 366 g/mol. The second-order valence-corrected chi connectivity index (χ2v) is 8.08. The van der Waals surface area contributed by atoms with Crippen LogP contribution in [0.15, 0.2) is 12.1 Å². The topological polar surface area (TPSA) is 92.5 Å². The Morgan fingerprint density at radius 3 is 2.23 bits per heavy atom. The SMILES string of the molecule is CS(=O)(=O)N1CCC(C(=O)Nc2cc(Cl)c(N)c(Cl)c2)CC1. The van der Waals surface area contributed by atoms with E-state index in [2.05, 4.69) is 5.32 Å². The highest BCUT2D eigenvalue weighted by molar-refractivity contribution is 7.88. The van der Waals surface area contributed by atoms with Crippen LogP contribution in [0.1, 0.15) is 12.8 Å². The van der Waals surface area contributed by atoms with Gasteiger partial charge in [0.15, 0.2) is 0 Å². The summed E-state index contributed by atoms with van der Waals surface area (Å²) in [6.07, 6.45) is 2.14. The molecular weight excluding hydrogens is 349 g/mol. The maximum atomic E-state index is 12.2. The van der Waals surface area contributed by atoms with E-state index in [1.807, 2.05) is 0 Å². The summed E-state index contributed by atoms with van der Waals surface area (Å²) in [6, 6.07) is 3.07. The molecule has 0 aliphatic carbocycles. The quantitative estimate of drug-likeness (QED) is 0.802. The zero-order valence-electron chi connectivity index (χ0n) is 12.0. The van der Waals surface area contributed by atoms with Gasteiger partial charge in [0.05, 0.1) is 22.0 Å². The Morgan fingerprint density at radius 2 is 1.77 bits per heavy atom. The Bertz CT molecular complexity index is 663. The lowest BCUT2D eigenvalue weighted by Gasteiger charge is -2.29. The van der Waals surface area contributed by atoms with E-state index in [9.17, 15) is 13.2 Å². The fraction of sp³-hybridized carbons (Fsp3) is 0.462. The summed E-state index contributed by atoms with van der Waals surface area (Å²) >= 11 is 11.8. The van der Waals surface area contributed by atoms with Crippen molar-refractivity contribution in [3.8, 4) is 0 Å². The van der Waals surface area contributed by atoms with E-state index >= 15 is 0 Å². The van der Waals surface area contributed by atoms with Crippen molar-refractivity contribution in [3.63, 3.8) is 0 Å². The van der Waals surface area contributed by atoms with Gasteiger partial charge in [-0.2, -0.15) is 0 Å². The summed E-state index contributed by atoms with van der Waals surface area (Å²) in [5.74, 6) is -0.418. The molecule has 6 nitrogen and oxygen atoms in total. The van der Waals surface area contributed by atoms with E-state index in [-0.39, 0.29) is 27.6 Å². The van der Waals surface area contributed by atoms with Crippen molar-refractivity contribution < 1.29 is 13.2 Å². The molecule has 0 bridgehead atoms. The number of carbonyl (C=O) groups excluding carboxylic acids is 1. The molecule has 122 valence electrons. The Morgan fingerprint density at radius 1 is 1.27 bits per heavy atom. The van der Waals surface area contributed by atoms with Gasteiger partial charge in [-0.15, -0.1) is 0 Å². The average Bonchev–Trinajstić information content (AvgIpc) is 2.44. The first-order chi connectivity index (χ1) is 10.2. The van der Waals surface area contributed by atoms with Crippen LogP contribution < -0.4 is 11.1 Å². The number of anilines is 2. The highest BCUT2D eigenvalue weighted by Crippen LogP contribution is 2.31. The number of nitrogens with one attached hydrogen (secondary N) is 1. The van der Waals surface area contributed by atoms with Crippen molar-refractivity contribution in [2.45, 2.75) is 12.8 Å². The van der Waals surface area contributed by atoms with E-state index in [0.29, 0.717) is 31.6 Å². The third kappa shape index (κ3) is 4.04. The summed E-state index contributed by atoms with van der Waals surface area (Å²) in [7, 11) is -3.20. The van der Waals surface area contributed by atoms with Crippen LogP contribution >= 0.6 is 23.2 Å². The molecule has 1 heterocycles. The Labute approximate surface area is 139 Å². The van der Waals surface area contributed by atoms with Gasteiger partial charge in [0, 0.05) is 24.7 Å². The molecule has 1 aliphatic heterocycles. The van der Waals surface area contributed by atoms with Gasteiger partial charge in [0.1, 0.15) is 0 Å². The molecule has 1 aromatic carbocycles. The second kappa shape index (κ2) is 6.62. The lowest BCUT2D eigenvalue weighted by Crippen LogP contribution is -2.40. The molecular formula is C13H17Cl2N3O3S. The molecule has 0 aromatic heterocycles. The van der Waals surface area contributed by atoms with E-state index in [1.54, 1.807) is 0 Å². The van der Waals surface area contributed by atoms with Crippen molar-refractivity contribution in [2.24, 2.45) is 5.92 Å². The number of carbonyl (C=O) groups is 1. The van der Waals surface area contributed by atoms with E-state index in [0.717, 1.165) is 0 Å². The second-order valence-electron chi connectivity index (χ2n) is 5.28. The Balaban J connectivity index is 2.00. The van der Waals surface area contributed by atoms with Crippen LogP contribution in [-0.2, 0) is 14.8 Å². The third-order valence-corrected chi connectivity index (χ3v) is 5.57. The molecule has 1 aromatic rings. The highest BCUT2D eigenvalue weighted by Gasteiger charge is 2.29. The summed E-state index contributed by atoms with van der Waals surface area (Å²) in [5.41, 5.74) is 6.38. The molecule has 1 fully saturated rings. The van der Waals surface area contributed by atoms with Gasteiger partial charge in [0.25, 0.3) is 0 Å². The van der Waals surface area contributed by atoms with Gasteiger partial charge in [-0.3, -0.25) is 4.79 Å². The molecule has 1 saturated heterocycles. The van der Waals surface area contributed by atoms with E-state index < -0.39 is 10.0 Å². The summed E-state index contributed by atoms with van der Waals surface area (Å²) in [6.45, 7) is 0.695. The zero-order valence-corrected chi connectivity index (χ0v) is 14.3. The van der Waals surface area contributed by atoms with Crippen LogP contribution in [0.4, 0.5) is 11.4 Å². The van der Waals surface area contributed by atoms with E-state index in [1.165, 1.54) is 22.7 Å². The van der Waals surface area contributed by atoms with Crippen LogP contribution in [0.3, 0.4) is 0 Å². The predicted octanol–water partition coefficient (Wildman–Crippen LogP) is 2.19. The normalized spacial score (nSPS) is 17.4. The smallest absolute Gasteiger partial charge is 0.227 e. The first-order valence-electron chi connectivity index (χ1n) is 6.69. The summed E-state index contributed by atoms with van der Waals surface area (Å²) in [4.78, 5) is 12.2. The first kappa shape index (κ1) is 17.3. The van der Waals surface area contributed by atoms with Gasteiger partial charge >= 0.3 is 0 Å². The van der Waals surface area contributed by atoms with Crippen LogP contribution in [-0.4, -0.2) is 38.0 Å². The summed E-state index contributed by atoms with van der Waals surface area (Å²) in [5, 5.41) is 3.29. The molecule has 1 aliphatic rings. The van der Waals surface area contributed by atoms with Gasteiger partial charge in [0.2, 0.25) is 15.9 Å². The lowest BCUT2D eigenvalue weighted by molar-refractivity contribution is -0.120. The number of piperidine rings is 1. The monoisotopic (exact) mass is 365 g/mol. The van der Waals surface area contributed by atoms with Crippen LogP contribution in [0.25, 0.3) is 0 Å². The van der Waals surface area contributed by atoms with Crippen LogP contribution in [0.2, 0.25) is 10.0 Å². The molecule has 0 saturated carbocycles. The minimum absolute atomic E-state index is 0.176. The molecule has 22 heavy (non-hydrogen) atoms. The molecule has 3 N–H and O–H groups in total. The fourth-order valence-corrected chi connectivity index (χ4v) is 3.71. The number of rotatable bonds is 3. The van der Waals surface area contributed by atoms with Crippen molar-refractivity contribution in [1.82, 2.24) is 4.31 Å². The van der Waals surface area contributed by atoms with Crippen LogP contribution in [0, 0.1) is 5.92 Å². The van der Waals surface area contributed by atoms with Crippen molar-refractivity contribution in [3.05, 3.63) is 22.2 Å². The standard InChI is InChI=1S/C13H17Cl2N3O3S/c1-22(20,21)18-4-2-8(3-5-18)13(19)17-9-6-10(14)12(16)11(15)7-9/h6-8H,2-5,16H2,1H3,(H,17,19). The number of amides is 1. The van der Waals surface area contributed by atoms with Crippen LogP contribution in [0.5, 0.6) is 0 Å².